The molecule has 0 atom stereocenters. The first kappa shape index (κ1) is 40.5. The van der Waals surface area contributed by atoms with E-state index in [0.717, 1.165) is 34.1 Å². The highest BCUT2D eigenvalue weighted by Crippen LogP contribution is 2.42. The molecule has 66 heavy (non-hydrogen) atoms. The predicted molar refractivity (Wildman–Crippen MR) is 286 cm³/mol. The Morgan fingerprint density at radius 1 is 0.258 bits per heavy atom. The van der Waals surface area contributed by atoms with Crippen molar-refractivity contribution in [1.29, 1.82) is 0 Å². The van der Waals surface area contributed by atoms with E-state index in [1.165, 1.54) is 71.3 Å². The van der Waals surface area contributed by atoms with Gasteiger partial charge in [0.1, 0.15) is 0 Å². The van der Waals surface area contributed by atoms with Crippen molar-refractivity contribution in [2.75, 3.05) is 9.80 Å². The third-order valence-electron chi connectivity index (χ3n) is 12.7. The van der Waals surface area contributed by atoms with Crippen molar-refractivity contribution in [3.8, 4) is 27.9 Å². The molecule has 0 aliphatic rings. The number of rotatable bonds is 9. The van der Waals surface area contributed by atoms with Gasteiger partial charge >= 0.3 is 0 Å². The van der Waals surface area contributed by atoms with Gasteiger partial charge in [-0.2, -0.15) is 13.5 Å². The van der Waals surface area contributed by atoms with Gasteiger partial charge in [-0.25, -0.2) is 0 Å². The first-order valence-corrected chi connectivity index (χ1v) is 22.3. The number of para-hydroxylation sites is 3. The molecule has 0 unspecified atom stereocenters. The quantitative estimate of drug-likeness (QED) is 0.143. The fraction of sp³-hybridized carbons (Fsp3) is 0. The lowest BCUT2D eigenvalue weighted by molar-refractivity contribution is 1.20. The minimum Gasteiger partial charge on any atom is -0.310 e. The molecule has 1 heterocycles. The molecule has 1 aromatic heterocycles. The summed E-state index contributed by atoms with van der Waals surface area (Å²) in [5.41, 5.74) is 15.0. The van der Waals surface area contributed by atoms with Gasteiger partial charge < -0.3 is 14.4 Å². The standard InChI is InChI=1S/C62H43N3.H2S/c1-3-22-50(23-4-1)63(54-40-41-62-58(43-54)57-28-11-12-29-61(57)65(62)60-31-15-19-47-17-8-10-27-56(47)60)52-36-32-44(33-37-52)48-20-13-21-49(42-48)45-34-38-53(39-35-45)64(51-24-5-2-6-25-51)59-30-14-18-46-16-7-9-26-55(46)59;/h1-43H;1H2. The average molecular weight is 864 g/mol. The van der Waals surface area contributed by atoms with Crippen LogP contribution in [0.5, 0.6) is 0 Å². The van der Waals surface area contributed by atoms with E-state index in [1.807, 2.05) is 0 Å². The Labute approximate surface area is 392 Å². The first-order chi connectivity index (χ1) is 32.2. The third kappa shape index (κ3) is 7.24. The number of hydrogen-bond donors (Lipinski definition) is 0. The van der Waals surface area contributed by atoms with E-state index in [2.05, 4.69) is 275 Å². The molecule has 0 aliphatic heterocycles. The summed E-state index contributed by atoms with van der Waals surface area (Å²) in [6, 6.07) is 94.2. The Hall–Kier alpha value is -8.31. The number of anilines is 6. The highest BCUT2D eigenvalue weighted by atomic mass is 32.1. The lowest BCUT2D eigenvalue weighted by Crippen LogP contribution is -2.10. The Bertz CT molecular complexity index is 3640. The van der Waals surface area contributed by atoms with Crippen LogP contribution in [0.3, 0.4) is 0 Å². The first-order valence-electron chi connectivity index (χ1n) is 22.3. The van der Waals surface area contributed by atoms with Crippen molar-refractivity contribution >= 4 is 91.0 Å². The van der Waals surface area contributed by atoms with Gasteiger partial charge in [-0.1, -0.05) is 170 Å². The molecule has 0 fully saturated rings. The van der Waals surface area contributed by atoms with E-state index in [1.54, 1.807) is 0 Å². The Morgan fingerprint density at radius 3 is 1.38 bits per heavy atom. The van der Waals surface area contributed by atoms with Crippen LogP contribution in [0.1, 0.15) is 0 Å². The molecule has 0 N–H and O–H groups in total. The van der Waals surface area contributed by atoms with Crippen LogP contribution in [0.15, 0.2) is 261 Å². The maximum absolute atomic E-state index is 2.42. The largest absolute Gasteiger partial charge is 0.310 e. The van der Waals surface area contributed by atoms with Crippen molar-refractivity contribution in [3.05, 3.63) is 261 Å². The fourth-order valence-corrected chi connectivity index (χ4v) is 9.68. The van der Waals surface area contributed by atoms with Crippen molar-refractivity contribution < 1.29 is 0 Å². The smallest absolute Gasteiger partial charge is 0.0542 e. The van der Waals surface area contributed by atoms with Crippen molar-refractivity contribution in [2.24, 2.45) is 0 Å². The van der Waals surface area contributed by atoms with Gasteiger partial charge in [-0.05, 0) is 124 Å². The number of hydrogen-bond acceptors (Lipinski definition) is 2. The summed E-state index contributed by atoms with van der Waals surface area (Å²) in [5.74, 6) is 0. The molecule has 314 valence electrons. The van der Waals surface area contributed by atoms with Crippen LogP contribution in [0.2, 0.25) is 0 Å². The van der Waals surface area contributed by atoms with Crippen LogP contribution in [-0.2, 0) is 0 Å². The minimum absolute atomic E-state index is 0. The van der Waals surface area contributed by atoms with Gasteiger partial charge in [-0.15, -0.1) is 0 Å². The summed E-state index contributed by atoms with van der Waals surface area (Å²) in [7, 11) is 0. The van der Waals surface area contributed by atoms with Crippen LogP contribution >= 0.6 is 13.5 Å². The topological polar surface area (TPSA) is 11.4 Å². The Morgan fingerprint density at radius 2 is 0.712 bits per heavy atom. The molecular weight excluding hydrogens is 819 g/mol. The lowest BCUT2D eigenvalue weighted by Gasteiger charge is -2.27. The second kappa shape index (κ2) is 17.3. The summed E-state index contributed by atoms with van der Waals surface area (Å²) in [5, 5.41) is 7.35. The number of benzene rings is 11. The molecule has 12 aromatic rings. The van der Waals surface area contributed by atoms with Gasteiger partial charge in [0.05, 0.1) is 22.4 Å². The zero-order valence-corrected chi connectivity index (χ0v) is 37.2. The molecule has 0 bridgehead atoms. The predicted octanol–water partition coefficient (Wildman–Crippen LogP) is 17.5. The summed E-state index contributed by atoms with van der Waals surface area (Å²) in [4.78, 5) is 4.72. The SMILES string of the molecule is S.c1ccc(N(c2ccc(-c3cccc(-c4ccc(N(c5ccccc5)c5cccc6ccccc56)cc4)c3)cc2)c2ccc3c(c2)c2ccccc2n3-c2cccc3ccccc23)cc1. The van der Waals surface area contributed by atoms with Crippen molar-refractivity contribution in [2.45, 2.75) is 0 Å². The molecule has 0 saturated heterocycles. The minimum atomic E-state index is 0. The monoisotopic (exact) mass is 863 g/mol. The Kier molecular flexibility index (Phi) is 10.6. The normalized spacial score (nSPS) is 11.2. The fourth-order valence-electron chi connectivity index (χ4n) is 9.68. The van der Waals surface area contributed by atoms with Crippen molar-refractivity contribution in [3.63, 3.8) is 0 Å². The zero-order valence-electron chi connectivity index (χ0n) is 36.2. The van der Waals surface area contributed by atoms with E-state index in [9.17, 15) is 0 Å². The maximum Gasteiger partial charge on any atom is 0.0542 e. The molecule has 0 amide bonds. The van der Waals surface area contributed by atoms with E-state index in [-0.39, 0.29) is 13.5 Å². The van der Waals surface area contributed by atoms with E-state index in [0.29, 0.717) is 0 Å². The van der Waals surface area contributed by atoms with Crippen LogP contribution in [0.4, 0.5) is 34.1 Å². The second-order valence-electron chi connectivity index (χ2n) is 16.6. The van der Waals surface area contributed by atoms with Gasteiger partial charge in [0.2, 0.25) is 0 Å². The maximum atomic E-state index is 2.42. The number of nitrogens with zero attached hydrogens (tertiary/aromatic N) is 3. The summed E-state index contributed by atoms with van der Waals surface area (Å²) >= 11 is 0. The molecule has 3 nitrogen and oxygen atoms in total. The molecule has 11 aromatic carbocycles. The van der Waals surface area contributed by atoms with Crippen LogP contribution in [0.25, 0.3) is 71.3 Å². The van der Waals surface area contributed by atoms with Gasteiger partial charge in [0.15, 0.2) is 0 Å². The van der Waals surface area contributed by atoms with Gasteiger partial charge in [0, 0.05) is 50.0 Å². The third-order valence-corrected chi connectivity index (χ3v) is 12.7. The number of aromatic nitrogens is 1. The van der Waals surface area contributed by atoms with E-state index < -0.39 is 0 Å². The molecule has 0 radical (unpaired) electrons. The van der Waals surface area contributed by atoms with Crippen molar-refractivity contribution in [1.82, 2.24) is 4.57 Å². The van der Waals surface area contributed by atoms with Gasteiger partial charge in [-0.3, -0.25) is 0 Å². The highest BCUT2D eigenvalue weighted by Gasteiger charge is 2.19. The van der Waals surface area contributed by atoms with Crippen LogP contribution < -0.4 is 9.80 Å². The average Bonchev–Trinajstić information content (AvgIpc) is 3.71. The highest BCUT2D eigenvalue weighted by molar-refractivity contribution is 7.59. The molecular formula is C62H45N3S. The van der Waals surface area contributed by atoms with Crippen LogP contribution in [-0.4, -0.2) is 4.57 Å². The molecule has 0 aliphatic carbocycles. The molecule has 4 heteroatoms. The second-order valence-corrected chi connectivity index (χ2v) is 16.6. The lowest BCUT2D eigenvalue weighted by atomic mass is 9.98. The van der Waals surface area contributed by atoms with Crippen LogP contribution in [0, 0.1) is 0 Å². The van der Waals surface area contributed by atoms with E-state index in [4.69, 9.17) is 0 Å². The molecule has 12 rings (SSSR count). The summed E-state index contributed by atoms with van der Waals surface area (Å²) in [6.45, 7) is 0. The van der Waals surface area contributed by atoms with E-state index >= 15 is 0 Å². The molecule has 0 spiro atoms. The summed E-state index contributed by atoms with van der Waals surface area (Å²) in [6.07, 6.45) is 0. The Balaban J connectivity index is 0.00000481. The molecule has 0 saturated carbocycles. The number of fused-ring (bicyclic) bond motifs is 5. The zero-order chi connectivity index (χ0) is 43.1. The summed E-state index contributed by atoms with van der Waals surface area (Å²) < 4.78 is 2.42. The van der Waals surface area contributed by atoms with Gasteiger partial charge in [0.25, 0.3) is 0 Å².